The van der Waals surface area contributed by atoms with Gasteiger partial charge in [-0.2, -0.15) is 13.2 Å². The van der Waals surface area contributed by atoms with Gasteiger partial charge in [0.15, 0.2) is 10.1 Å². The van der Waals surface area contributed by atoms with Crippen LogP contribution in [0.25, 0.3) is 0 Å². The van der Waals surface area contributed by atoms with Crippen molar-refractivity contribution >= 4 is 53.0 Å². The van der Waals surface area contributed by atoms with Gasteiger partial charge in [0.2, 0.25) is 9.05 Å². The molecule has 0 aromatic heterocycles. The number of benzene rings is 3. The maximum atomic E-state index is 11.3. The fraction of sp³-hybridized carbons (Fsp3) is 0.217. The molecule has 0 saturated carbocycles. The third-order valence-electron chi connectivity index (χ3n) is 5.01. The van der Waals surface area contributed by atoms with E-state index in [4.69, 9.17) is 23.7 Å². The molecule has 0 fully saturated rings. The van der Waals surface area contributed by atoms with Crippen LogP contribution in [0, 0.1) is 0 Å². The maximum Gasteiger partial charge on any atom is 0.485 e. The first kappa shape index (κ1) is 29.3. The summed E-state index contributed by atoms with van der Waals surface area (Å²) < 4.78 is 81.6. The van der Waals surface area contributed by atoms with Crippen LogP contribution >= 0.6 is 17.9 Å². The first-order valence-electron chi connectivity index (χ1n) is 10.3. The van der Waals surface area contributed by atoms with Gasteiger partial charge < -0.3 is 4.55 Å². The summed E-state index contributed by atoms with van der Waals surface area (Å²) in [6.07, 6.45) is 2.29. The Morgan fingerprint density at radius 1 is 0.686 bits per heavy atom. The van der Waals surface area contributed by atoms with E-state index in [9.17, 15) is 21.6 Å². The lowest BCUT2D eigenvalue weighted by molar-refractivity contribution is -0.0517. The van der Waals surface area contributed by atoms with Crippen LogP contribution in [-0.4, -0.2) is 38.8 Å². The third-order valence-corrected chi connectivity index (χ3v) is 11.3. The lowest BCUT2D eigenvalue weighted by atomic mass is 10.3. The van der Waals surface area contributed by atoms with Crippen LogP contribution in [0.3, 0.4) is 0 Å². The molecule has 0 amide bonds. The molecule has 35 heavy (non-hydrogen) atoms. The summed E-state index contributed by atoms with van der Waals surface area (Å²) in [6.45, 7) is 0. The van der Waals surface area contributed by atoms with E-state index in [0.29, 0.717) is 6.42 Å². The summed E-state index contributed by atoms with van der Waals surface area (Å²) in [5.74, 6) is 0.0208. The summed E-state index contributed by atoms with van der Waals surface area (Å²) in [4.78, 5) is 0. The van der Waals surface area contributed by atoms with Gasteiger partial charge in [0, 0.05) is 10.7 Å². The van der Waals surface area contributed by atoms with E-state index in [1.807, 2.05) is 18.2 Å². The van der Waals surface area contributed by atoms with E-state index in [-0.39, 0.29) is 5.75 Å². The molecule has 0 spiro atoms. The second-order valence-corrected chi connectivity index (χ2v) is 15.3. The molecule has 0 aliphatic carbocycles. The quantitative estimate of drug-likeness (QED) is 0.133. The minimum absolute atomic E-state index is 0.0208. The number of hydrogen-bond acceptors (Lipinski definition) is 5. The molecular formula is C23H23ClF3O5PS2. The van der Waals surface area contributed by atoms with E-state index in [0.717, 1.165) is 12.6 Å². The number of unbranched alkanes of at least 4 members (excludes halogenated alkanes) is 1. The van der Waals surface area contributed by atoms with Gasteiger partial charge in [-0.25, -0.2) is 16.8 Å². The molecule has 190 valence electrons. The zero-order valence-electron chi connectivity index (χ0n) is 18.3. The van der Waals surface area contributed by atoms with Crippen molar-refractivity contribution in [3.8, 4) is 0 Å². The number of halogens is 4. The van der Waals surface area contributed by atoms with Crippen LogP contribution < -0.4 is 15.9 Å². The van der Waals surface area contributed by atoms with Crippen molar-refractivity contribution in [3.63, 3.8) is 0 Å². The van der Waals surface area contributed by atoms with Crippen LogP contribution in [0.15, 0.2) is 91.0 Å². The van der Waals surface area contributed by atoms with Crippen LogP contribution in [-0.2, 0) is 19.2 Å². The highest BCUT2D eigenvalue weighted by atomic mass is 35.7. The Kier molecular flexibility index (Phi) is 10.3. The van der Waals surface area contributed by atoms with E-state index in [2.05, 4.69) is 72.8 Å². The standard InChI is InChI=1S/C22H23ClO2PS.CHF3O3S/c23-27(24,25)19-11-10-18-26(20-12-4-1-5-13-20,21-14-6-2-7-15-21)22-16-8-3-9-17-22;2-1(3,4)8(5,6)7/h1-9,12-17H,10-11,18-19H2;(H,5,6,7)/q+1;/p-1. The molecule has 0 atom stereocenters. The van der Waals surface area contributed by atoms with Gasteiger partial charge in [0.25, 0.3) is 0 Å². The van der Waals surface area contributed by atoms with Crippen molar-refractivity contribution < 1.29 is 34.6 Å². The largest absolute Gasteiger partial charge is 0.741 e. The number of alkyl halides is 3. The van der Waals surface area contributed by atoms with E-state index < -0.39 is 31.9 Å². The van der Waals surface area contributed by atoms with Crippen molar-refractivity contribution in [2.75, 3.05) is 11.9 Å². The zero-order chi connectivity index (χ0) is 26.2. The molecule has 0 saturated heterocycles. The molecule has 3 rings (SSSR count). The molecule has 3 aromatic rings. The Balaban J connectivity index is 0.000000466. The predicted octanol–water partition coefficient (Wildman–Crippen LogP) is 4.38. The average molecular weight is 567 g/mol. The average Bonchev–Trinajstić information content (AvgIpc) is 2.80. The minimum Gasteiger partial charge on any atom is -0.741 e. The zero-order valence-corrected chi connectivity index (χ0v) is 21.6. The molecule has 0 aliphatic heterocycles. The van der Waals surface area contributed by atoms with Crippen LogP contribution in [0.5, 0.6) is 0 Å². The Bertz CT molecular complexity index is 1180. The third kappa shape index (κ3) is 8.58. The first-order chi connectivity index (χ1) is 16.3. The summed E-state index contributed by atoms with van der Waals surface area (Å²) in [6, 6.07) is 31.8. The number of rotatable bonds is 8. The van der Waals surface area contributed by atoms with E-state index >= 15 is 0 Å². The van der Waals surface area contributed by atoms with Crippen molar-refractivity contribution in [2.24, 2.45) is 0 Å². The van der Waals surface area contributed by atoms with Crippen molar-refractivity contribution in [1.82, 2.24) is 0 Å². The molecule has 0 N–H and O–H groups in total. The molecule has 3 aromatic carbocycles. The van der Waals surface area contributed by atoms with Crippen molar-refractivity contribution in [2.45, 2.75) is 18.3 Å². The smallest absolute Gasteiger partial charge is 0.485 e. The van der Waals surface area contributed by atoms with Gasteiger partial charge >= 0.3 is 5.51 Å². The Hall–Kier alpha value is -1.97. The van der Waals surface area contributed by atoms with Gasteiger partial charge in [-0.15, -0.1) is 0 Å². The van der Waals surface area contributed by atoms with E-state index in [1.54, 1.807) is 0 Å². The normalized spacial score (nSPS) is 12.5. The van der Waals surface area contributed by atoms with Crippen LogP contribution in [0.2, 0.25) is 0 Å². The fourth-order valence-electron chi connectivity index (χ4n) is 3.51. The Morgan fingerprint density at radius 2 is 1.00 bits per heavy atom. The van der Waals surface area contributed by atoms with E-state index in [1.165, 1.54) is 15.9 Å². The molecule has 0 bridgehead atoms. The SMILES string of the molecule is O=S(=O)(Cl)CCCC[P+](c1ccccc1)(c1ccccc1)c1ccccc1.O=S(=O)([O-])C(F)(F)F. The fourth-order valence-corrected chi connectivity index (χ4v) is 8.79. The first-order valence-corrected chi connectivity index (χ1v) is 16.1. The van der Waals surface area contributed by atoms with Crippen molar-refractivity contribution in [1.29, 1.82) is 0 Å². The monoisotopic (exact) mass is 566 g/mol. The minimum atomic E-state index is -6.09. The molecule has 0 unspecified atom stereocenters. The lowest BCUT2D eigenvalue weighted by Gasteiger charge is -2.27. The maximum absolute atomic E-state index is 11.3. The molecular weight excluding hydrogens is 544 g/mol. The summed E-state index contributed by atoms with van der Waals surface area (Å²) >= 11 is 0. The second-order valence-electron chi connectivity index (χ2n) is 7.39. The highest BCUT2D eigenvalue weighted by molar-refractivity contribution is 8.13. The van der Waals surface area contributed by atoms with Crippen LogP contribution in [0.1, 0.15) is 12.8 Å². The summed E-state index contributed by atoms with van der Waals surface area (Å²) in [5.41, 5.74) is -5.65. The predicted molar refractivity (Wildman–Crippen MR) is 135 cm³/mol. The summed E-state index contributed by atoms with van der Waals surface area (Å²) in [7, 11) is -6.00. The van der Waals surface area contributed by atoms with Gasteiger partial charge in [0.05, 0.1) is 11.9 Å². The van der Waals surface area contributed by atoms with Gasteiger partial charge in [0.1, 0.15) is 23.2 Å². The Labute approximate surface area is 208 Å². The van der Waals surface area contributed by atoms with Gasteiger partial charge in [-0.05, 0) is 49.2 Å². The lowest BCUT2D eigenvalue weighted by Crippen LogP contribution is -2.33. The summed E-state index contributed by atoms with van der Waals surface area (Å²) in [5, 5.41) is 3.95. The van der Waals surface area contributed by atoms with Crippen LogP contribution in [0.4, 0.5) is 13.2 Å². The molecule has 12 heteroatoms. The molecule has 0 radical (unpaired) electrons. The van der Waals surface area contributed by atoms with Crippen molar-refractivity contribution in [3.05, 3.63) is 91.0 Å². The second kappa shape index (κ2) is 12.3. The molecule has 0 aliphatic rings. The van der Waals surface area contributed by atoms with Gasteiger partial charge in [-0.3, -0.25) is 0 Å². The highest BCUT2D eigenvalue weighted by Gasteiger charge is 2.44. The van der Waals surface area contributed by atoms with Gasteiger partial charge in [-0.1, -0.05) is 54.6 Å². The number of hydrogen-bond donors (Lipinski definition) is 0. The Morgan fingerprint density at radius 3 is 1.26 bits per heavy atom. The molecule has 5 nitrogen and oxygen atoms in total. The highest BCUT2D eigenvalue weighted by Crippen LogP contribution is 2.55. The topological polar surface area (TPSA) is 91.3 Å². The molecule has 0 heterocycles.